The Labute approximate surface area is 613 Å². The van der Waals surface area contributed by atoms with Gasteiger partial charge in [0.25, 0.3) is 0 Å². The third-order valence-corrected chi connectivity index (χ3v) is 20.6. The molecule has 11 heteroatoms. The summed E-state index contributed by atoms with van der Waals surface area (Å²) >= 11 is 0. The van der Waals surface area contributed by atoms with Crippen LogP contribution in [0.15, 0.2) is 231 Å². The summed E-state index contributed by atoms with van der Waals surface area (Å²) in [6.07, 6.45) is 7.27. The zero-order valence-corrected chi connectivity index (χ0v) is 61.8. The Kier molecular flexibility index (Phi) is 15.8. The van der Waals surface area contributed by atoms with Crippen molar-refractivity contribution >= 4 is 164 Å². The van der Waals surface area contributed by atoms with Gasteiger partial charge in [-0.05, 0) is 213 Å². The minimum absolute atomic E-state index is 0. The van der Waals surface area contributed by atoms with E-state index in [1.165, 1.54) is 146 Å². The molecular formula is C93H70IrN8O2+. The molecule has 0 aliphatic carbocycles. The fourth-order valence-electron chi connectivity index (χ4n) is 16.1. The SMILES string of the molecule is CC(=O)CC(C)=O.Cc1ccc2c(c1)c1cc(C)ccc1n2-c1[c-]c2c(cc1)c1ccc(-n3c4ccc(C)cc4c4cc(C)ccc43)cc1c1nccnc21.Cc1ccc2c(c1)c1cc(C)ccc1n2-c1[c-]c2c(cc1)c1ccc(-n3c4ccc(C)cc4c4cc(C)ccc43)cc1c1nccnc21.[Ir+3]. The molecule has 502 valence electrons. The number of rotatable bonds is 6. The van der Waals surface area contributed by atoms with E-state index < -0.39 is 0 Å². The molecule has 6 heterocycles. The maximum Gasteiger partial charge on any atom is 3.00 e. The topological polar surface area (TPSA) is 105 Å². The van der Waals surface area contributed by atoms with Gasteiger partial charge in [-0.25, -0.2) is 0 Å². The number of aryl methyl sites for hydroxylation is 8. The Balaban J connectivity index is 0.000000140. The molecule has 0 unspecified atom stereocenters. The van der Waals surface area contributed by atoms with Gasteiger partial charge in [0, 0.05) is 90.3 Å². The van der Waals surface area contributed by atoms with Crippen LogP contribution in [0.3, 0.4) is 0 Å². The predicted octanol–water partition coefficient (Wildman–Crippen LogP) is 22.9. The van der Waals surface area contributed by atoms with Crippen molar-refractivity contribution in [1.82, 2.24) is 38.2 Å². The Morgan fingerprint density at radius 2 is 0.510 bits per heavy atom. The van der Waals surface area contributed by atoms with E-state index in [2.05, 4.69) is 292 Å². The zero-order chi connectivity index (χ0) is 70.4. The molecule has 20 rings (SSSR count). The molecule has 0 aliphatic heterocycles. The molecule has 10 nitrogen and oxygen atoms in total. The molecule has 0 radical (unpaired) electrons. The molecule has 0 spiro atoms. The number of hydrogen-bond donors (Lipinski definition) is 0. The van der Waals surface area contributed by atoms with Gasteiger partial charge in [0.15, 0.2) is 0 Å². The van der Waals surface area contributed by atoms with Gasteiger partial charge in [-0.3, -0.25) is 19.6 Å². The van der Waals surface area contributed by atoms with Crippen molar-refractivity contribution in [2.24, 2.45) is 0 Å². The molecule has 0 amide bonds. The van der Waals surface area contributed by atoms with E-state index in [0.717, 1.165) is 87.9 Å². The first-order chi connectivity index (χ1) is 50.0. The van der Waals surface area contributed by atoms with Gasteiger partial charge in [-0.2, -0.15) is 0 Å². The van der Waals surface area contributed by atoms with Gasteiger partial charge < -0.3 is 28.2 Å². The number of aromatic nitrogens is 8. The number of fused-ring (bicyclic) bond motifs is 24. The molecule has 20 aromatic rings. The average Bonchev–Trinajstić information content (AvgIpc) is 1.30. The van der Waals surface area contributed by atoms with Gasteiger partial charge in [0.05, 0.1) is 61.6 Å². The molecular weight excluding hydrogens is 1450 g/mol. The first kappa shape index (κ1) is 65.3. The van der Waals surface area contributed by atoms with Crippen LogP contribution in [0.5, 0.6) is 0 Å². The summed E-state index contributed by atoms with van der Waals surface area (Å²) in [7, 11) is 0. The van der Waals surface area contributed by atoms with E-state index in [0.29, 0.717) is 0 Å². The smallest absolute Gasteiger partial charge is 0.327 e. The molecule has 14 aromatic carbocycles. The number of hydrogen-bond acceptors (Lipinski definition) is 6. The van der Waals surface area contributed by atoms with Crippen LogP contribution in [-0.2, 0) is 29.7 Å². The van der Waals surface area contributed by atoms with E-state index >= 15 is 0 Å². The van der Waals surface area contributed by atoms with Crippen molar-refractivity contribution in [2.45, 2.75) is 75.7 Å². The summed E-state index contributed by atoms with van der Waals surface area (Å²) < 4.78 is 9.45. The average molecular weight is 1520 g/mol. The number of carbonyl (C=O) groups is 2. The summed E-state index contributed by atoms with van der Waals surface area (Å²) in [5.74, 6) is -0.125. The summed E-state index contributed by atoms with van der Waals surface area (Å²) in [5, 5.41) is 18.8. The van der Waals surface area contributed by atoms with Gasteiger partial charge in [-0.15, -0.1) is 47.2 Å². The third kappa shape index (κ3) is 10.7. The molecule has 0 aliphatic rings. The minimum Gasteiger partial charge on any atom is -0.327 e. The van der Waals surface area contributed by atoms with Crippen molar-refractivity contribution in [3.8, 4) is 22.7 Å². The monoisotopic (exact) mass is 1520 g/mol. The van der Waals surface area contributed by atoms with E-state index in [9.17, 15) is 9.59 Å². The minimum atomic E-state index is -0.0625. The number of Topliss-reactive ketones (excluding diaryl/α,β-unsaturated/α-hetero) is 2. The van der Waals surface area contributed by atoms with Crippen LogP contribution in [0.25, 0.3) is 175 Å². The Morgan fingerprint density at radius 3 is 0.760 bits per heavy atom. The second-order valence-corrected chi connectivity index (χ2v) is 28.3. The van der Waals surface area contributed by atoms with Crippen molar-refractivity contribution in [2.75, 3.05) is 0 Å². The van der Waals surface area contributed by atoms with Crippen LogP contribution < -0.4 is 0 Å². The normalized spacial score (nSPS) is 11.8. The summed E-state index contributed by atoms with van der Waals surface area (Å²) in [5.41, 5.74) is 27.3. The number of benzene rings is 14. The molecule has 0 saturated heterocycles. The molecule has 0 saturated carbocycles. The molecule has 0 N–H and O–H groups in total. The maximum absolute atomic E-state index is 10.0. The van der Waals surface area contributed by atoms with Gasteiger partial charge in [0.1, 0.15) is 11.6 Å². The van der Waals surface area contributed by atoms with Crippen LogP contribution in [-0.4, -0.2) is 49.8 Å². The molecule has 0 bridgehead atoms. The van der Waals surface area contributed by atoms with Crippen LogP contribution >= 0.6 is 0 Å². The molecule has 0 fully saturated rings. The fraction of sp³-hybridized carbons (Fsp3) is 0.118. The van der Waals surface area contributed by atoms with Crippen molar-refractivity contribution < 1.29 is 29.7 Å². The Morgan fingerprint density at radius 1 is 0.269 bits per heavy atom. The number of nitrogens with zero attached hydrogens (tertiary/aromatic N) is 8. The van der Waals surface area contributed by atoms with Gasteiger partial charge >= 0.3 is 20.1 Å². The van der Waals surface area contributed by atoms with Crippen LogP contribution in [0, 0.1) is 67.5 Å². The van der Waals surface area contributed by atoms with E-state index in [4.69, 9.17) is 19.9 Å². The predicted molar refractivity (Wildman–Crippen MR) is 428 cm³/mol. The first-order valence-electron chi connectivity index (χ1n) is 35.1. The van der Waals surface area contributed by atoms with E-state index in [-0.39, 0.29) is 38.1 Å². The van der Waals surface area contributed by atoms with Crippen molar-refractivity contribution in [3.05, 3.63) is 288 Å². The third-order valence-electron chi connectivity index (χ3n) is 20.6. The quantitative estimate of drug-likeness (QED) is 0.0933. The molecule has 6 aromatic heterocycles. The Bertz CT molecular complexity index is 5980. The second-order valence-electron chi connectivity index (χ2n) is 28.3. The first-order valence-corrected chi connectivity index (χ1v) is 35.1. The van der Waals surface area contributed by atoms with Crippen molar-refractivity contribution in [3.63, 3.8) is 0 Å². The molecule has 104 heavy (non-hydrogen) atoms. The van der Waals surface area contributed by atoms with Gasteiger partial charge in [-0.1, -0.05) is 127 Å². The summed E-state index contributed by atoms with van der Waals surface area (Å²) in [4.78, 5) is 39.8. The van der Waals surface area contributed by atoms with Gasteiger partial charge in [0.2, 0.25) is 0 Å². The Hall–Kier alpha value is -12.0. The number of ketones is 2. The largest absolute Gasteiger partial charge is 3.00 e. The fourth-order valence-corrected chi connectivity index (χ4v) is 16.1. The van der Waals surface area contributed by atoms with E-state index in [1.807, 2.05) is 0 Å². The summed E-state index contributed by atoms with van der Waals surface area (Å²) in [6.45, 7) is 20.1. The van der Waals surface area contributed by atoms with Crippen LogP contribution in [0.1, 0.15) is 64.8 Å². The number of carbonyl (C=O) groups excluding carboxylic acids is 2. The van der Waals surface area contributed by atoms with Crippen LogP contribution in [0.4, 0.5) is 0 Å². The zero-order valence-electron chi connectivity index (χ0n) is 59.4. The molecule has 0 atom stereocenters. The maximum atomic E-state index is 10.0. The van der Waals surface area contributed by atoms with Crippen LogP contribution in [0.2, 0.25) is 0 Å². The summed E-state index contributed by atoms with van der Waals surface area (Å²) in [6, 6.07) is 84.0. The second kappa shape index (κ2) is 25.2. The van der Waals surface area contributed by atoms with E-state index in [1.54, 1.807) is 24.8 Å². The standard InChI is InChI=1S/2C44H31N4.C5H8O2.Ir/c2*1-25-5-13-39-33(19-25)34-20-26(2)6-14-40(34)47(39)29-9-11-31-32-12-10-30(24-38(32)44-43(37(31)23-29)45-17-18-46-44)48-41-15-7-27(3)21-35(41)36-22-28(4)8-16-42(36)48;1-4(6)3-5(2)7;/h2*5-23H,1-4H3;3H2,1-2H3;/q2*-1;;+3. The van der Waals surface area contributed by atoms with Crippen molar-refractivity contribution in [1.29, 1.82) is 0 Å².